The van der Waals surface area contributed by atoms with E-state index >= 15 is 0 Å². The first kappa shape index (κ1) is 15.9. The summed E-state index contributed by atoms with van der Waals surface area (Å²) < 4.78 is 11.1. The number of nitrogens with one attached hydrogen (secondary N) is 1. The number of nitrogen functional groups attached to an aromatic ring is 1. The molecule has 20 heavy (non-hydrogen) atoms. The fourth-order valence-corrected chi connectivity index (χ4v) is 1.38. The number of methoxy groups -OCH3 is 1. The van der Waals surface area contributed by atoms with Crippen molar-refractivity contribution < 1.29 is 19.1 Å². The molecule has 1 rings (SSSR count). The van der Waals surface area contributed by atoms with Crippen LogP contribution < -0.4 is 11.1 Å². The molecular formula is C11H19N5O4. The Kier molecular flexibility index (Phi) is 6.44. The molecule has 0 aromatic carbocycles. The molecule has 0 bridgehead atoms. The Morgan fingerprint density at radius 2 is 2.30 bits per heavy atom. The smallest absolute Gasteiger partial charge is 0.328 e. The van der Waals surface area contributed by atoms with Crippen LogP contribution in [0.15, 0.2) is 6.33 Å². The van der Waals surface area contributed by atoms with Crippen LogP contribution in [0.3, 0.4) is 0 Å². The van der Waals surface area contributed by atoms with Gasteiger partial charge in [0.05, 0.1) is 0 Å². The molecule has 9 heteroatoms. The van der Waals surface area contributed by atoms with Gasteiger partial charge in [0.25, 0.3) is 5.91 Å². The molecule has 0 radical (unpaired) electrons. The summed E-state index contributed by atoms with van der Waals surface area (Å²) in [6.07, 6.45) is 1.14. The second kappa shape index (κ2) is 8.10. The minimum atomic E-state index is -0.870. The minimum absolute atomic E-state index is 0.0711. The van der Waals surface area contributed by atoms with Crippen molar-refractivity contribution in [2.75, 3.05) is 26.0 Å². The number of aromatic nitrogens is 3. The van der Waals surface area contributed by atoms with Gasteiger partial charge in [-0.2, -0.15) is 0 Å². The molecule has 1 aromatic rings. The van der Waals surface area contributed by atoms with Crippen molar-refractivity contribution in [3.05, 3.63) is 6.33 Å². The Morgan fingerprint density at radius 1 is 1.55 bits per heavy atom. The molecule has 3 N–H and O–H groups in total. The lowest BCUT2D eigenvalue weighted by Crippen LogP contribution is -2.37. The summed E-state index contributed by atoms with van der Waals surface area (Å²) in [5.41, 5.74) is 5.31. The third-order valence-electron chi connectivity index (χ3n) is 2.35. The molecule has 112 valence electrons. The highest BCUT2D eigenvalue weighted by molar-refractivity contribution is 5.83. The van der Waals surface area contributed by atoms with E-state index in [0.29, 0.717) is 19.6 Å². The Balaban J connectivity index is 2.28. The monoisotopic (exact) mass is 285 g/mol. The Labute approximate surface area is 116 Å². The molecule has 0 aliphatic carbocycles. The van der Waals surface area contributed by atoms with Crippen LogP contribution in [0.4, 0.5) is 5.95 Å². The zero-order chi connectivity index (χ0) is 15.0. The van der Waals surface area contributed by atoms with E-state index < -0.39 is 12.1 Å². The van der Waals surface area contributed by atoms with E-state index in [1.165, 1.54) is 17.9 Å². The molecule has 9 nitrogen and oxygen atoms in total. The molecule has 0 fully saturated rings. The maximum atomic E-state index is 11.6. The van der Waals surface area contributed by atoms with Crippen LogP contribution in [0.5, 0.6) is 0 Å². The number of nitrogens with zero attached hydrogens (tertiary/aromatic N) is 3. The van der Waals surface area contributed by atoms with Crippen LogP contribution in [0.25, 0.3) is 0 Å². The quantitative estimate of drug-likeness (QED) is 0.461. The van der Waals surface area contributed by atoms with Gasteiger partial charge in [-0.15, -0.1) is 5.10 Å². The summed E-state index contributed by atoms with van der Waals surface area (Å²) in [6, 6.07) is 0. The highest BCUT2D eigenvalue weighted by Gasteiger charge is 2.17. The summed E-state index contributed by atoms with van der Waals surface area (Å²) >= 11 is 0. The van der Waals surface area contributed by atoms with E-state index in [0.717, 1.165) is 0 Å². The number of esters is 1. The van der Waals surface area contributed by atoms with Gasteiger partial charge in [-0.3, -0.25) is 9.59 Å². The second-order valence-corrected chi connectivity index (χ2v) is 4.07. The van der Waals surface area contributed by atoms with Gasteiger partial charge in [0.1, 0.15) is 12.9 Å². The minimum Gasteiger partial charge on any atom is -0.451 e. The van der Waals surface area contributed by atoms with Crippen molar-refractivity contribution in [3.63, 3.8) is 0 Å². The van der Waals surface area contributed by atoms with Crippen molar-refractivity contribution in [2.45, 2.75) is 26.0 Å². The first-order valence-corrected chi connectivity index (χ1v) is 6.14. The maximum Gasteiger partial charge on any atom is 0.328 e. The maximum absolute atomic E-state index is 11.6. The molecule has 1 heterocycles. The standard InChI is InChI=1S/C11H19N5O4/c1-8(10(18)13-4-3-5-19-2)20-9(17)6-16-7-14-11(12)15-16/h7-8H,3-6H2,1-2H3,(H2,12,15)(H,13,18). The van der Waals surface area contributed by atoms with Gasteiger partial charge >= 0.3 is 5.97 Å². The van der Waals surface area contributed by atoms with Gasteiger partial charge in [-0.25, -0.2) is 9.67 Å². The summed E-state index contributed by atoms with van der Waals surface area (Å²) in [5.74, 6) is -0.872. The van der Waals surface area contributed by atoms with Gasteiger partial charge in [0, 0.05) is 20.3 Å². The van der Waals surface area contributed by atoms with E-state index in [-0.39, 0.29) is 18.4 Å². The Morgan fingerprint density at radius 3 is 2.90 bits per heavy atom. The van der Waals surface area contributed by atoms with E-state index in [2.05, 4.69) is 15.4 Å². The Bertz CT molecular complexity index is 448. The van der Waals surface area contributed by atoms with Gasteiger partial charge in [0.15, 0.2) is 6.10 Å². The highest BCUT2D eigenvalue weighted by Crippen LogP contribution is 1.96. The van der Waals surface area contributed by atoms with Crippen LogP contribution >= 0.6 is 0 Å². The number of amides is 1. The normalized spacial score (nSPS) is 11.9. The predicted molar refractivity (Wildman–Crippen MR) is 69.5 cm³/mol. The van der Waals surface area contributed by atoms with Gasteiger partial charge < -0.3 is 20.5 Å². The molecule has 0 saturated carbocycles. The molecule has 0 aliphatic heterocycles. The number of hydrogen-bond acceptors (Lipinski definition) is 7. The lowest BCUT2D eigenvalue weighted by atomic mass is 10.3. The van der Waals surface area contributed by atoms with E-state index in [9.17, 15) is 9.59 Å². The first-order chi connectivity index (χ1) is 9.52. The van der Waals surface area contributed by atoms with E-state index in [1.54, 1.807) is 7.11 Å². The number of carbonyl (C=O) groups is 2. The summed E-state index contributed by atoms with van der Waals surface area (Å²) in [4.78, 5) is 26.8. The van der Waals surface area contributed by atoms with Crippen LogP contribution in [0.1, 0.15) is 13.3 Å². The molecule has 0 spiro atoms. The average molecular weight is 285 g/mol. The van der Waals surface area contributed by atoms with Crippen LogP contribution in [-0.2, 0) is 25.6 Å². The average Bonchev–Trinajstić information content (AvgIpc) is 2.79. The molecule has 1 unspecified atom stereocenters. The molecule has 1 amide bonds. The van der Waals surface area contributed by atoms with Gasteiger partial charge in [-0.1, -0.05) is 0 Å². The SMILES string of the molecule is COCCCNC(=O)C(C)OC(=O)Cn1cnc(N)n1. The fourth-order valence-electron chi connectivity index (χ4n) is 1.38. The highest BCUT2D eigenvalue weighted by atomic mass is 16.5. The summed E-state index contributed by atoms with van der Waals surface area (Å²) in [7, 11) is 1.59. The zero-order valence-corrected chi connectivity index (χ0v) is 11.5. The van der Waals surface area contributed by atoms with Crippen LogP contribution in [-0.4, -0.2) is 53.0 Å². The number of nitrogens with two attached hydrogens (primary N) is 1. The molecule has 0 saturated heterocycles. The first-order valence-electron chi connectivity index (χ1n) is 6.14. The van der Waals surface area contributed by atoms with Crippen LogP contribution in [0.2, 0.25) is 0 Å². The predicted octanol–water partition coefficient (Wildman–Crippen LogP) is -1.06. The zero-order valence-electron chi connectivity index (χ0n) is 11.5. The fraction of sp³-hybridized carbons (Fsp3) is 0.636. The molecule has 1 atom stereocenters. The molecule has 1 aromatic heterocycles. The van der Waals surface area contributed by atoms with Crippen molar-refractivity contribution in [1.29, 1.82) is 0 Å². The van der Waals surface area contributed by atoms with Crippen molar-refractivity contribution in [3.8, 4) is 0 Å². The topological polar surface area (TPSA) is 121 Å². The van der Waals surface area contributed by atoms with E-state index in [4.69, 9.17) is 15.2 Å². The number of ether oxygens (including phenoxy) is 2. The van der Waals surface area contributed by atoms with Crippen molar-refractivity contribution in [2.24, 2.45) is 0 Å². The van der Waals surface area contributed by atoms with Crippen LogP contribution in [0, 0.1) is 0 Å². The third kappa shape index (κ3) is 5.65. The van der Waals surface area contributed by atoms with Crippen molar-refractivity contribution >= 4 is 17.8 Å². The van der Waals surface area contributed by atoms with Gasteiger partial charge in [0.2, 0.25) is 5.95 Å². The Hall–Kier alpha value is -2.16. The largest absolute Gasteiger partial charge is 0.451 e. The lowest BCUT2D eigenvalue weighted by Gasteiger charge is -2.13. The second-order valence-electron chi connectivity index (χ2n) is 4.07. The number of rotatable bonds is 8. The summed E-state index contributed by atoms with van der Waals surface area (Å²) in [6.45, 7) is 2.38. The number of anilines is 1. The molecular weight excluding hydrogens is 266 g/mol. The van der Waals surface area contributed by atoms with E-state index in [1.807, 2.05) is 0 Å². The van der Waals surface area contributed by atoms with Crippen molar-refractivity contribution in [1.82, 2.24) is 20.1 Å². The number of carbonyl (C=O) groups excluding carboxylic acids is 2. The summed E-state index contributed by atoms with van der Waals surface area (Å²) in [5, 5.41) is 6.38. The van der Waals surface area contributed by atoms with Gasteiger partial charge in [-0.05, 0) is 13.3 Å². The molecule has 0 aliphatic rings. The third-order valence-corrected chi connectivity index (χ3v) is 2.35. The number of hydrogen-bond donors (Lipinski definition) is 2. The lowest BCUT2D eigenvalue weighted by molar-refractivity contribution is -0.155.